The number of benzene rings is 2. The predicted molar refractivity (Wildman–Crippen MR) is 123 cm³/mol. The number of rotatable bonds is 11. The Bertz CT molecular complexity index is 881. The molecule has 0 saturated heterocycles. The minimum Gasteiger partial charge on any atom is -0.493 e. The van der Waals surface area contributed by atoms with E-state index < -0.39 is 0 Å². The van der Waals surface area contributed by atoms with Gasteiger partial charge in [-0.3, -0.25) is 9.59 Å². The van der Waals surface area contributed by atoms with Gasteiger partial charge in [-0.25, -0.2) is 0 Å². The van der Waals surface area contributed by atoms with Crippen molar-refractivity contribution in [2.24, 2.45) is 5.92 Å². The first-order valence-corrected chi connectivity index (χ1v) is 10.4. The number of nitrogens with one attached hydrogen (secondary N) is 2. The topological polar surface area (TPSA) is 79.9 Å². The molecule has 0 radical (unpaired) electrons. The van der Waals surface area contributed by atoms with Gasteiger partial charge in [-0.2, -0.15) is 0 Å². The van der Waals surface area contributed by atoms with Crippen LogP contribution in [0.25, 0.3) is 0 Å². The molecule has 0 heterocycles. The van der Waals surface area contributed by atoms with Gasteiger partial charge in [0.15, 0.2) is 11.5 Å². The summed E-state index contributed by atoms with van der Waals surface area (Å²) in [6.07, 6.45) is 0.944. The molecule has 0 fully saturated rings. The van der Waals surface area contributed by atoms with Gasteiger partial charge in [-0.1, -0.05) is 26.0 Å². The molecule has 0 atom stereocenters. The van der Waals surface area contributed by atoms with Crippen molar-refractivity contribution in [2.45, 2.75) is 26.8 Å². The molecule has 7 nitrogen and oxygen atoms in total. The third kappa shape index (κ3) is 8.30. The molecule has 0 saturated carbocycles. The van der Waals surface area contributed by atoms with Gasteiger partial charge in [0.1, 0.15) is 0 Å². The normalized spacial score (nSPS) is 10.8. The average molecular weight is 428 g/mol. The Kier molecular flexibility index (Phi) is 9.34. The van der Waals surface area contributed by atoms with Crippen LogP contribution in [0.2, 0.25) is 0 Å². The summed E-state index contributed by atoms with van der Waals surface area (Å²) in [4.78, 5) is 26.3. The Morgan fingerprint density at radius 1 is 1.06 bits per heavy atom. The van der Waals surface area contributed by atoms with Crippen LogP contribution >= 0.6 is 0 Å². The van der Waals surface area contributed by atoms with Crippen molar-refractivity contribution in [1.29, 1.82) is 0 Å². The Morgan fingerprint density at radius 2 is 1.84 bits per heavy atom. The molecule has 31 heavy (non-hydrogen) atoms. The monoisotopic (exact) mass is 427 g/mol. The fourth-order valence-electron chi connectivity index (χ4n) is 2.86. The summed E-state index contributed by atoms with van der Waals surface area (Å²) in [6.45, 7) is 5.52. The number of anilines is 1. The second kappa shape index (κ2) is 12.0. The maximum atomic E-state index is 12.6. The van der Waals surface area contributed by atoms with Crippen molar-refractivity contribution >= 4 is 17.5 Å². The van der Waals surface area contributed by atoms with Crippen LogP contribution in [-0.2, 0) is 11.3 Å². The molecule has 2 N–H and O–H groups in total. The molecule has 0 bridgehead atoms. The minimum atomic E-state index is -0.214. The molecular formula is C24H33N3O4. The smallest absolute Gasteiger partial charge is 0.251 e. The number of ether oxygens (including phenoxy) is 2. The van der Waals surface area contributed by atoms with E-state index in [1.165, 1.54) is 0 Å². The maximum Gasteiger partial charge on any atom is 0.251 e. The molecule has 0 unspecified atom stereocenters. The van der Waals surface area contributed by atoms with Crippen LogP contribution in [0.15, 0.2) is 42.5 Å². The Labute approximate surface area is 184 Å². The third-order valence-corrected chi connectivity index (χ3v) is 4.50. The zero-order chi connectivity index (χ0) is 22.8. The molecular weight excluding hydrogens is 394 g/mol. The van der Waals surface area contributed by atoms with Crippen LogP contribution in [-0.4, -0.2) is 51.1 Å². The second-order valence-corrected chi connectivity index (χ2v) is 8.07. The van der Waals surface area contributed by atoms with E-state index in [4.69, 9.17) is 9.47 Å². The van der Waals surface area contributed by atoms with E-state index in [0.29, 0.717) is 48.4 Å². The number of nitrogens with zero attached hydrogens (tertiary/aromatic N) is 1. The van der Waals surface area contributed by atoms with Gasteiger partial charge < -0.3 is 25.0 Å². The number of amides is 2. The van der Waals surface area contributed by atoms with Crippen LogP contribution in [0.1, 0.15) is 36.2 Å². The summed E-state index contributed by atoms with van der Waals surface area (Å²) >= 11 is 0. The molecule has 0 aliphatic heterocycles. The van der Waals surface area contributed by atoms with Crippen molar-refractivity contribution in [3.63, 3.8) is 0 Å². The number of methoxy groups -OCH3 is 1. The number of carbonyl (C=O) groups excluding carboxylic acids is 2. The van der Waals surface area contributed by atoms with Crippen LogP contribution in [0.5, 0.6) is 11.5 Å². The van der Waals surface area contributed by atoms with Crippen LogP contribution in [0.3, 0.4) is 0 Å². The molecule has 2 rings (SSSR count). The van der Waals surface area contributed by atoms with Gasteiger partial charge in [0.25, 0.3) is 5.91 Å². The van der Waals surface area contributed by atoms with Gasteiger partial charge >= 0.3 is 0 Å². The molecule has 0 aliphatic carbocycles. The highest BCUT2D eigenvalue weighted by atomic mass is 16.5. The van der Waals surface area contributed by atoms with E-state index in [2.05, 4.69) is 24.5 Å². The number of hydrogen-bond donors (Lipinski definition) is 2. The zero-order valence-electron chi connectivity index (χ0n) is 19.0. The highest BCUT2D eigenvalue weighted by Crippen LogP contribution is 2.28. The summed E-state index contributed by atoms with van der Waals surface area (Å²) < 4.78 is 11.2. The van der Waals surface area contributed by atoms with E-state index in [-0.39, 0.29) is 11.8 Å². The zero-order valence-corrected chi connectivity index (χ0v) is 19.0. The molecule has 0 aromatic heterocycles. The van der Waals surface area contributed by atoms with Crippen molar-refractivity contribution < 1.29 is 19.1 Å². The third-order valence-electron chi connectivity index (χ3n) is 4.50. The van der Waals surface area contributed by atoms with Crippen molar-refractivity contribution in [3.8, 4) is 11.5 Å². The van der Waals surface area contributed by atoms with Gasteiger partial charge in [0.2, 0.25) is 5.91 Å². The predicted octanol–water partition coefficient (Wildman–Crippen LogP) is 3.55. The standard InChI is InChI=1S/C24H33N3O4/c1-17(2)11-12-31-21-10-9-19(14-22(21)30-5)24(29)25-15-18-7-6-8-20(13-18)26-23(28)16-27(3)4/h6-10,13-14,17H,11-12,15-16H2,1-5H3,(H,25,29)(H,26,28). The molecule has 2 aromatic carbocycles. The minimum absolute atomic E-state index is 0.0889. The lowest BCUT2D eigenvalue weighted by atomic mass is 10.1. The lowest BCUT2D eigenvalue weighted by molar-refractivity contribution is -0.116. The van der Waals surface area contributed by atoms with Crippen molar-refractivity contribution in [1.82, 2.24) is 10.2 Å². The van der Waals surface area contributed by atoms with Gasteiger partial charge in [0.05, 0.1) is 20.3 Å². The van der Waals surface area contributed by atoms with E-state index in [0.717, 1.165) is 12.0 Å². The van der Waals surface area contributed by atoms with E-state index >= 15 is 0 Å². The van der Waals surface area contributed by atoms with Crippen LogP contribution < -0.4 is 20.1 Å². The number of likely N-dealkylation sites (N-methyl/N-ethyl adjacent to an activating group) is 1. The van der Waals surface area contributed by atoms with Crippen molar-refractivity contribution in [2.75, 3.05) is 39.7 Å². The Morgan fingerprint density at radius 3 is 2.52 bits per heavy atom. The summed E-state index contributed by atoms with van der Waals surface area (Å²) in [5.74, 6) is 1.40. The quantitative estimate of drug-likeness (QED) is 0.573. The largest absolute Gasteiger partial charge is 0.493 e. The van der Waals surface area contributed by atoms with Crippen LogP contribution in [0, 0.1) is 5.92 Å². The SMILES string of the molecule is COc1cc(C(=O)NCc2cccc(NC(=O)CN(C)C)c2)ccc1OCCC(C)C. The van der Waals surface area contributed by atoms with Crippen LogP contribution in [0.4, 0.5) is 5.69 Å². The fourth-order valence-corrected chi connectivity index (χ4v) is 2.86. The fraction of sp³-hybridized carbons (Fsp3) is 0.417. The lowest BCUT2D eigenvalue weighted by Crippen LogP contribution is -2.27. The average Bonchev–Trinajstić information content (AvgIpc) is 2.71. The Balaban J connectivity index is 1.96. The highest BCUT2D eigenvalue weighted by Gasteiger charge is 2.12. The summed E-state index contributed by atoms with van der Waals surface area (Å²) in [5, 5.41) is 5.75. The molecule has 168 valence electrons. The molecule has 2 amide bonds. The molecule has 0 spiro atoms. The van der Waals surface area contributed by atoms with E-state index in [1.54, 1.807) is 30.2 Å². The molecule has 0 aliphatic rings. The summed E-state index contributed by atoms with van der Waals surface area (Å²) in [6, 6.07) is 12.6. The Hall–Kier alpha value is -3.06. The first-order chi connectivity index (χ1) is 14.8. The van der Waals surface area contributed by atoms with Gasteiger partial charge in [-0.15, -0.1) is 0 Å². The number of carbonyl (C=O) groups is 2. The second-order valence-electron chi connectivity index (χ2n) is 8.07. The van der Waals surface area contributed by atoms with E-state index in [1.807, 2.05) is 38.4 Å². The summed E-state index contributed by atoms with van der Waals surface area (Å²) in [7, 11) is 5.23. The molecule has 2 aromatic rings. The molecule has 7 heteroatoms. The van der Waals surface area contributed by atoms with Gasteiger partial charge in [-0.05, 0) is 62.3 Å². The van der Waals surface area contributed by atoms with Crippen molar-refractivity contribution in [3.05, 3.63) is 53.6 Å². The maximum absolute atomic E-state index is 12.6. The first-order valence-electron chi connectivity index (χ1n) is 10.4. The number of hydrogen-bond acceptors (Lipinski definition) is 5. The van der Waals surface area contributed by atoms with E-state index in [9.17, 15) is 9.59 Å². The summed E-state index contributed by atoms with van der Waals surface area (Å²) in [5.41, 5.74) is 2.07. The first kappa shape index (κ1) is 24.2. The van der Waals surface area contributed by atoms with Gasteiger partial charge in [0, 0.05) is 17.8 Å². The highest BCUT2D eigenvalue weighted by molar-refractivity contribution is 5.95. The lowest BCUT2D eigenvalue weighted by Gasteiger charge is -2.13.